The van der Waals surface area contributed by atoms with Gasteiger partial charge in [-0.15, -0.1) is 0 Å². The number of hydrogen-bond acceptors (Lipinski definition) is 4. The van der Waals surface area contributed by atoms with Crippen LogP contribution >= 0.6 is 15.9 Å². The number of halogens is 1. The second-order valence-electron chi connectivity index (χ2n) is 7.72. The molecule has 2 aromatic carbocycles. The van der Waals surface area contributed by atoms with E-state index >= 15 is 0 Å². The number of anilines is 1. The molecule has 0 heterocycles. The molecule has 0 aliphatic rings. The van der Waals surface area contributed by atoms with Gasteiger partial charge >= 0.3 is 0 Å². The lowest BCUT2D eigenvalue weighted by Crippen LogP contribution is -2.51. The Balaban J connectivity index is 2.42. The van der Waals surface area contributed by atoms with E-state index in [1.807, 2.05) is 38.1 Å². The Hall–Kier alpha value is -2.39. The fraction of sp³-hybridized carbons (Fsp3) is 0.391. The highest BCUT2D eigenvalue weighted by Crippen LogP contribution is 2.25. The predicted molar refractivity (Wildman–Crippen MR) is 131 cm³/mol. The second-order valence-corrected chi connectivity index (χ2v) is 10.5. The molecule has 0 spiro atoms. The molecule has 0 aliphatic carbocycles. The van der Waals surface area contributed by atoms with Gasteiger partial charge in [0.2, 0.25) is 21.8 Å². The maximum atomic E-state index is 13.4. The number of nitrogens with one attached hydrogen (secondary N) is 1. The van der Waals surface area contributed by atoms with Crippen LogP contribution in [-0.4, -0.2) is 50.5 Å². The van der Waals surface area contributed by atoms with Crippen molar-refractivity contribution in [2.75, 3.05) is 23.7 Å². The summed E-state index contributed by atoms with van der Waals surface area (Å²) in [6.07, 6.45) is 1.07. The van der Waals surface area contributed by atoms with Crippen LogP contribution in [-0.2, 0) is 26.2 Å². The molecule has 0 radical (unpaired) electrons. The number of carbonyl (C=O) groups excluding carboxylic acids is 2. The Morgan fingerprint density at radius 1 is 1.09 bits per heavy atom. The van der Waals surface area contributed by atoms with Crippen molar-refractivity contribution >= 4 is 43.5 Å². The molecule has 2 aromatic rings. The van der Waals surface area contributed by atoms with Gasteiger partial charge in [0.05, 0.1) is 11.9 Å². The Morgan fingerprint density at radius 3 is 2.31 bits per heavy atom. The average molecular weight is 524 g/mol. The highest BCUT2D eigenvalue weighted by molar-refractivity contribution is 9.10. The summed E-state index contributed by atoms with van der Waals surface area (Å²) in [6.45, 7) is 7.45. The molecule has 174 valence electrons. The first-order chi connectivity index (χ1) is 15.0. The molecular formula is C23H30BrN3O4S. The van der Waals surface area contributed by atoms with E-state index in [9.17, 15) is 18.0 Å². The molecule has 7 nitrogen and oxygen atoms in total. The van der Waals surface area contributed by atoms with E-state index < -0.39 is 28.5 Å². The van der Waals surface area contributed by atoms with Gasteiger partial charge in [-0.1, -0.05) is 40.2 Å². The van der Waals surface area contributed by atoms with Gasteiger partial charge in [-0.3, -0.25) is 13.9 Å². The van der Waals surface area contributed by atoms with E-state index in [2.05, 4.69) is 21.2 Å². The Kier molecular flexibility index (Phi) is 8.86. The highest BCUT2D eigenvalue weighted by atomic mass is 79.9. The maximum absolute atomic E-state index is 13.4. The summed E-state index contributed by atoms with van der Waals surface area (Å²) < 4.78 is 27.1. The summed E-state index contributed by atoms with van der Waals surface area (Å²) in [4.78, 5) is 27.4. The lowest BCUT2D eigenvalue weighted by atomic mass is 10.1. The number of carbonyl (C=O) groups is 2. The number of benzene rings is 2. The van der Waals surface area contributed by atoms with Crippen molar-refractivity contribution < 1.29 is 18.0 Å². The lowest BCUT2D eigenvalue weighted by Gasteiger charge is -2.32. The minimum atomic E-state index is -3.74. The molecule has 1 N–H and O–H groups in total. The molecule has 32 heavy (non-hydrogen) atoms. The van der Waals surface area contributed by atoms with Crippen molar-refractivity contribution in [3.63, 3.8) is 0 Å². The van der Waals surface area contributed by atoms with Crippen LogP contribution in [0.1, 0.15) is 30.5 Å². The lowest BCUT2D eigenvalue weighted by molar-refractivity contribution is -0.139. The number of nitrogens with zero attached hydrogens (tertiary/aromatic N) is 2. The third kappa shape index (κ3) is 6.56. The fourth-order valence-electron chi connectivity index (χ4n) is 3.27. The van der Waals surface area contributed by atoms with E-state index in [0.29, 0.717) is 12.2 Å². The summed E-state index contributed by atoms with van der Waals surface area (Å²) in [5.41, 5.74) is 3.11. The number of sulfonamides is 1. The van der Waals surface area contributed by atoms with Crippen molar-refractivity contribution in [1.29, 1.82) is 0 Å². The van der Waals surface area contributed by atoms with E-state index in [4.69, 9.17) is 0 Å². The molecule has 2 rings (SSSR count). The van der Waals surface area contributed by atoms with Gasteiger partial charge in [0, 0.05) is 17.6 Å². The average Bonchev–Trinajstić information content (AvgIpc) is 2.72. The number of likely N-dealkylation sites (N-methyl/N-ethyl adjacent to an activating group) is 1. The third-order valence-corrected chi connectivity index (χ3v) is 7.26. The van der Waals surface area contributed by atoms with Gasteiger partial charge in [0.1, 0.15) is 12.6 Å². The van der Waals surface area contributed by atoms with Crippen molar-refractivity contribution in [2.45, 2.75) is 40.3 Å². The maximum Gasteiger partial charge on any atom is 0.244 e. The van der Waals surface area contributed by atoms with Crippen molar-refractivity contribution in [3.05, 3.63) is 63.6 Å². The molecule has 0 aliphatic heterocycles. The van der Waals surface area contributed by atoms with Gasteiger partial charge in [-0.25, -0.2) is 8.42 Å². The monoisotopic (exact) mass is 523 g/mol. The molecule has 1 atom stereocenters. The highest BCUT2D eigenvalue weighted by Gasteiger charge is 2.30. The first-order valence-corrected chi connectivity index (χ1v) is 12.9. The van der Waals surface area contributed by atoms with Gasteiger partial charge in [-0.05, 0) is 62.6 Å². The van der Waals surface area contributed by atoms with Gasteiger partial charge < -0.3 is 10.2 Å². The zero-order valence-corrected chi connectivity index (χ0v) is 21.5. The van der Waals surface area contributed by atoms with Crippen molar-refractivity contribution in [1.82, 2.24) is 10.2 Å². The van der Waals surface area contributed by atoms with E-state index in [0.717, 1.165) is 31.7 Å². The van der Waals surface area contributed by atoms with E-state index in [-0.39, 0.29) is 12.5 Å². The summed E-state index contributed by atoms with van der Waals surface area (Å²) in [5.74, 6) is -0.752. The smallest absolute Gasteiger partial charge is 0.244 e. The SMILES string of the molecule is CCNC(=O)C(C)N(Cc1ccccc1C)C(=O)CN(c1ccc(Br)c(C)c1)S(C)(=O)=O. The minimum Gasteiger partial charge on any atom is -0.355 e. The molecule has 0 saturated carbocycles. The third-order valence-electron chi connectivity index (χ3n) is 5.23. The van der Waals surface area contributed by atoms with Crippen LogP contribution in [0.15, 0.2) is 46.9 Å². The first-order valence-electron chi connectivity index (χ1n) is 10.3. The molecule has 0 aromatic heterocycles. The quantitative estimate of drug-likeness (QED) is 0.545. The molecule has 1 unspecified atom stereocenters. The molecule has 0 fully saturated rings. The van der Waals surface area contributed by atoms with E-state index in [1.54, 1.807) is 32.0 Å². The molecule has 0 bridgehead atoms. The van der Waals surface area contributed by atoms with Crippen LogP contribution < -0.4 is 9.62 Å². The molecule has 0 saturated heterocycles. The number of aryl methyl sites for hydroxylation is 2. The molecular weight excluding hydrogens is 494 g/mol. The fourth-order valence-corrected chi connectivity index (χ4v) is 4.36. The number of hydrogen-bond donors (Lipinski definition) is 1. The predicted octanol–water partition coefficient (Wildman–Crippen LogP) is 3.39. The zero-order chi connectivity index (χ0) is 24.1. The van der Waals surface area contributed by atoms with Crippen LogP contribution in [0.4, 0.5) is 5.69 Å². The van der Waals surface area contributed by atoms with Crippen LogP contribution in [0, 0.1) is 13.8 Å². The van der Waals surface area contributed by atoms with Gasteiger partial charge in [0.25, 0.3) is 0 Å². The summed E-state index contributed by atoms with van der Waals surface area (Å²) >= 11 is 3.41. The normalized spacial score (nSPS) is 12.2. The van der Waals surface area contributed by atoms with Crippen molar-refractivity contribution in [3.8, 4) is 0 Å². The molecule has 9 heteroatoms. The molecule has 2 amide bonds. The summed E-state index contributed by atoms with van der Waals surface area (Å²) in [5, 5.41) is 2.74. The van der Waals surface area contributed by atoms with Crippen LogP contribution in [0.5, 0.6) is 0 Å². The zero-order valence-electron chi connectivity index (χ0n) is 19.1. The van der Waals surface area contributed by atoms with E-state index in [1.165, 1.54) is 4.90 Å². The van der Waals surface area contributed by atoms with Gasteiger partial charge in [0.15, 0.2) is 0 Å². The van der Waals surface area contributed by atoms with Crippen LogP contribution in [0.3, 0.4) is 0 Å². The first kappa shape index (κ1) is 25.9. The Morgan fingerprint density at radius 2 is 1.75 bits per heavy atom. The number of rotatable bonds is 9. The van der Waals surface area contributed by atoms with Gasteiger partial charge in [-0.2, -0.15) is 0 Å². The standard InChI is InChI=1S/C23H30BrN3O4S/c1-6-25-23(29)18(4)26(14-19-10-8-7-9-16(19)2)22(28)15-27(32(5,30)31)20-11-12-21(24)17(3)13-20/h7-13,18H,6,14-15H2,1-5H3,(H,25,29). The summed E-state index contributed by atoms with van der Waals surface area (Å²) in [6, 6.07) is 11.9. The van der Waals surface area contributed by atoms with Crippen LogP contribution in [0.25, 0.3) is 0 Å². The topological polar surface area (TPSA) is 86.8 Å². The minimum absolute atomic E-state index is 0.195. The number of amides is 2. The summed E-state index contributed by atoms with van der Waals surface area (Å²) in [7, 11) is -3.74. The largest absolute Gasteiger partial charge is 0.355 e. The Labute approximate surface area is 199 Å². The second kappa shape index (κ2) is 11.0. The Bertz CT molecular complexity index is 1090. The van der Waals surface area contributed by atoms with Crippen molar-refractivity contribution in [2.24, 2.45) is 0 Å². The van der Waals surface area contributed by atoms with Crippen LogP contribution in [0.2, 0.25) is 0 Å².